The molecule has 1 aliphatic heterocycles. The fraction of sp³-hybridized carbons (Fsp3) is 0.400. The number of rotatable bonds is 1. The number of nitrogen functional groups attached to an aromatic ring is 1. The van der Waals surface area contributed by atoms with Crippen LogP contribution >= 0.6 is 11.6 Å². The van der Waals surface area contributed by atoms with Crippen molar-refractivity contribution >= 4 is 23.2 Å². The highest BCUT2D eigenvalue weighted by molar-refractivity contribution is 6.29. The summed E-state index contributed by atoms with van der Waals surface area (Å²) < 4.78 is 0. The summed E-state index contributed by atoms with van der Waals surface area (Å²) in [5.41, 5.74) is 6.08. The van der Waals surface area contributed by atoms with E-state index in [2.05, 4.69) is 4.98 Å². The van der Waals surface area contributed by atoms with E-state index in [1.54, 1.807) is 0 Å². The average molecular weight is 258 g/mol. The molecule has 7 heteroatoms. The molecule has 1 aromatic heterocycles. The molecule has 1 fully saturated rings. The van der Waals surface area contributed by atoms with E-state index in [9.17, 15) is 15.0 Å². The summed E-state index contributed by atoms with van der Waals surface area (Å²) in [6, 6.07) is 1.37. The van der Waals surface area contributed by atoms with Gasteiger partial charge in [0.05, 0.1) is 29.7 Å². The van der Waals surface area contributed by atoms with E-state index in [0.717, 1.165) is 0 Å². The van der Waals surface area contributed by atoms with Gasteiger partial charge in [-0.3, -0.25) is 4.79 Å². The Morgan fingerprint density at radius 2 is 2.06 bits per heavy atom. The summed E-state index contributed by atoms with van der Waals surface area (Å²) in [4.78, 5) is 17.1. The van der Waals surface area contributed by atoms with Gasteiger partial charge in [-0.2, -0.15) is 0 Å². The second-order valence-electron chi connectivity index (χ2n) is 3.94. The first-order valence-electron chi connectivity index (χ1n) is 5.05. The Bertz CT molecular complexity index is 444. The van der Waals surface area contributed by atoms with Gasteiger partial charge in [0, 0.05) is 13.1 Å². The number of carbonyl (C=O) groups is 1. The minimum Gasteiger partial charge on any atom is -0.397 e. The second kappa shape index (κ2) is 4.48. The van der Waals surface area contributed by atoms with Crippen LogP contribution in [0.25, 0.3) is 0 Å². The van der Waals surface area contributed by atoms with Crippen LogP contribution in [0.3, 0.4) is 0 Å². The van der Waals surface area contributed by atoms with E-state index in [4.69, 9.17) is 17.3 Å². The maximum absolute atomic E-state index is 12.0. The van der Waals surface area contributed by atoms with Crippen LogP contribution in [0.1, 0.15) is 10.4 Å². The van der Waals surface area contributed by atoms with Crippen LogP contribution in [0.15, 0.2) is 12.3 Å². The van der Waals surface area contributed by atoms with Crippen molar-refractivity contribution in [3.05, 3.63) is 23.0 Å². The predicted molar refractivity (Wildman–Crippen MR) is 61.6 cm³/mol. The lowest BCUT2D eigenvalue weighted by Gasteiger charge is -2.16. The van der Waals surface area contributed by atoms with Crippen LogP contribution in [0.5, 0.6) is 0 Å². The maximum Gasteiger partial charge on any atom is 0.256 e. The summed E-state index contributed by atoms with van der Waals surface area (Å²) in [7, 11) is 0. The summed E-state index contributed by atoms with van der Waals surface area (Å²) >= 11 is 5.69. The molecule has 1 aliphatic rings. The lowest BCUT2D eigenvalue weighted by Crippen LogP contribution is -2.30. The minimum absolute atomic E-state index is 0.0827. The zero-order valence-electron chi connectivity index (χ0n) is 8.88. The molecular weight excluding hydrogens is 246 g/mol. The van der Waals surface area contributed by atoms with Gasteiger partial charge in [-0.25, -0.2) is 4.98 Å². The topological polar surface area (TPSA) is 99.7 Å². The first-order valence-corrected chi connectivity index (χ1v) is 5.43. The molecule has 2 atom stereocenters. The molecule has 92 valence electrons. The third kappa shape index (κ3) is 2.33. The molecule has 0 saturated carbocycles. The van der Waals surface area contributed by atoms with E-state index < -0.39 is 12.2 Å². The van der Waals surface area contributed by atoms with Crippen molar-refractivity contribution in [2.24, 2.45) is 0 Å². The number of hydrogen-bond donors (Lipinski definition) is 3. The molecule has 0 bridgehead atoms. The summed E-state index contributed by atoms with van der Waals surface area (Å²) in [5.74, 6) is -0.373. The van der Waals surface area contributed by atoms with Gasteiger partial charge in [-0.15, -0.1) is 0 Å². The van der Waals surface area contributed by atoms with Crippen molar-refractivity contribution in [2.75, 3.05) is 18.8 Å². The lowest BCUT2D eigenvalue weighted by atomic mass is 10.2. The van der Waals surface area contributed by atoms with Crippen molar-refractivity contribution in [1.82, 2.24) is 9.88 Å². The number of β-amino-alcohol motifs (C(OH)–C–C–N with tert-alkyl or cyclic N) is 2. The molecule has 6 nitrogen and oxygen atoms in total. The number of aromatic nitrogens is 1. The molecule has 0 spiro atoms. The third-order valence-corrected chi connectivity index (χ3v) is 2.88. The highest BCUT2D eigenvalue weighted by Crippen LogP contribution is 2.20. The molecule has 0 radical (unpaired) electrons. The van der Waals surface area contributed by atoms with Crippen LogP contribution in [-0.2, 0) is 0 Å². The molecule has 1 saturated heterocycles. The second-order valence-corrected chi connectivity index (χ2v) is 4.33. The van der Waals surface area contributed by atoms with Crippen molar-refractivity contribution in [2.45, 2.75) is 12.2 Å². The SMILES string of the molecule is Nc1cnc(Cl)cc1C(=O)N1C[C@@H](O)[C@@H](O)C1. The van der Waals surface area contributed by atoms with Crippen LogP contribution < -0.4 is 5.73 Å². The highest BCUT2D eigenvalue weighted by atomic mass is 35.5. The first-order chi connectivity index (χ1) is 7.99. The Hall–Kier alpha value is -1.37. The Morgan fingerprint density at radius 1 is 1.47 bits per heavy atom. The number of likely N-dealkylation sites (tertiary alicyclic amines) is 1. The number of nitrogens with zero attached hydrogens (tertiary/aromatic N) is 2. The molecule has 0 aliphatic carbocycles. The fourth-order valence-corrected chi connectivity index (χ4v) is 1.89. The van der Waals surface area contributed by atoms with E-state index in [1.165, 1.54) is 17.2 Å². The standard InChI is InChI=1S/C10H12ClN3O3/c11-9-1-5(6(12)2-13-9)10(17)14-3-7(15)8(16)4-14/h1-2,7-8,15-16H,3-4,12H2/t7-,8+. The van der Waals surface area contributed by atoms with Gasteiger partial charge in [-0.05, 0) is 6.07 Å². The molecule has 0 aromatic carbocycles. The number of nitrogens with two attached hydrogens (primary N) is 1. The summed E-state index contributed by atoms with van der Waals surface area (Å²) in [5, 5.41) is 18.9. The van der Waals surface area contributed by atoms with Gasteiger partial charge in [-0.1, -0.05) is 11.6 Å². The number of aliphatic hydroxyl groups excluding tert-OH is 2. The molecule has 1 aromatic rings. The van der Waals surface area contributed by atoms with Gasteiger partial charge in [0.25, 0.3) is 5.91 Å². The zero-order chi connectivity index (χ0) is 12.6. The molecule has 0 unspecified atom stereocenters. The zero-order valence-corrected chi connectivity index (χ0v) is 9.63. The molecule has 17 heavy (non-hydrogen) atoms. The van der Waals surface area contributed by atoms with Gasteiger partial charge in [0.1, 0.15) is 5.15 Å². The predicted octanol–water partition coefficient (Wildman–Crippen LogP) is -0.505. The van der Waals surface area contributed by atoms with Crippen LogP contribution in [-0.4, -0.2) is 51.3 Å². The Balaban J connectivity index is 2.23. The van der Waals surface area contributed by atoms with Crippen LogP contribution in [0.2, 0.25) is 5.15 Å². The van der Waals surface area contributed by atoms with Gasteiger partial charge in [0.15, 0.2) is 0 Å². The summed E-state index contributed by atoms with van der Waals surface area (Å²) in [6.07, 6.45) is -0.534. The molecule has 2 rings (SSSR count). The Morgan fingerprint density at radius 3 is 2.65 bits per heavy atom. The Kier molecular flexibility index (Phi) is 3.19. The quantitative estimate of drug-likeness (QED) is 0.589. The first kappa shape index (κ1) is 12.1. The van der Waals surface area contributed by atoms with Crippen molar-refractivity contribution < 1.29 is 15.0 Å². The summed E-state index contributed by atoms with van der Waals surface area (Å²) in [6.45, 7) is 0.165. The number of hydrogen-bond acceptors (Lipinski definition) is 5. The largest absolute Gasteiger partial charge is 0.397 e. The van der Waals surface area contributed by atoms with Crippen molar-refractivity contribution in [3.8, 4) is 0 Å². The number of carbonyl (C=O) groups excluding carboxylic acids is 1. The minimum atomic E-state index is -0.919. The van der Waals surface area contributed by atoms with Crippen LogP contribution in [0, 0.1) is 0 Å². The number of pyridine rings is 1. The normalized spacial score (nSPS) is 24.1. The third-order valence-electron chi connectivity index (χ3n) is 2.68. The van der Waals surface area contributed by atoms with Crippen molar-refractivity contribution in [1.29, 1.82) is 0 Å². The van der Waals surface area contributed by atoms with E-state index in [1.807, 2.05) is 0 Å². The smallest absolute Gasteiger partial charge is 0.256 e. The average Bonchev–Trinajstić information content (AvgIpc) is 2.62. The number of amides is 1. The Labute approximate surface area is 103 Å². The monoisotopic (exact) mass is 257 g/mol. The highest BCUT2D eigenvalue weighted by Gasteiger charge is 2.33. The molecule has 2 heterocycles. The molecule has 4 N–H and O–H groups in total. The number of halogens is 1. The van der Waals surface area contributed by atoms with E-state index in [0.29, 0.717) is 0 Å². The lowest BCUT2D eigenvalue weighted by molar-refractivity contribution is 0.0572. The fourth-order valence-electron chi connectivity index (χ4n) is 1.73. The molecule has 1 amide bonds. The van der Waals surface area contributed by atoms with Gasteiger partial charge < -0.3 is 20.8 Å². The van der Waals surface area contributed by atoms with E-state index >= 15 is 0 Å². The van der Waals surface area contributed by atoms with Crippen LogP contribution in [0.4, 0.5) is 5.69 Å². The van der Waals surface area contributed by atoms with Crippen molar-refractivity contribution in [3.63, 3.8) is 0 Å². The number of anilines is 1. The molecular formula is C10H12ClN3O3. The van der Waals surface area contributed by atoms with Gasteiger partial charge >= 0.3 is 0 Å². The maximum atomic E-state index is 12.0. The number of aliphatic hydroxyl groups is 2. The van der Waals surface area contributed by atoms with E-state index in [-0.39, 0.29) is 35.4 Å². The van der Waals surface area contributed by atoms with Gasteiger partial charge in [0.2, 0.25) is 0 Å².